The highest BCUT2D eigenvalue weighted by Crippen LogP contribution is 2.19. The van der Waals surface area contributed by atoms with Gasteiger partial charge >= 0.3 is 6.03 Å². The van der Waals surface area contributed by atoms with Gasteiger partial charge in [-0.15, -0.1) is 0 Å². The van der Waals surface area contributed by atoms with Gasteiger partial charge in [-0.25, -0.2) is 14.8 Å². The largest absolute Gasteiger partial charge is 0.352 e. The topological polar surface area (TPSA) is 156 Å². The fraction of sp³-hybridized carbons (Fsp3) is 0.467. The summed E-state index contributed by atoms with van der Waals surface area (Å²) in [7, 11) is 0. The number of aryl methyl sites for hydroxylation is 1. The molecule has 11 heteroatoms. The molecule has 41 heavy (non-hydrogen) atoms. The molecule has 0 saturated heterocycles. The summed E-state index contributed by atoms with van der Waals surface area (Å²) < 4.78 is 0. The van der Waals surface area contributed by atoms with Crippen molar-refractivity contribution in [3.63, 3.8) is 0 Å². The molecule has 10 nitrogen and oxygen atoms in total. The number of anilines is 1. The number of Topliss-reactive ketones (excluding diaryl/α,β-unsaturated/α-hetero) is 1. The van der Waals surface area contributed by atoms with Crippen LogP contribution in [0.3, 0.4) is 0 Å². The van der Waals surface area contributed by atoms with Gasteiger partial charge in [0, 0.05) is 49.8 Å². The summed E-state index contributed by atoms with van der Waals surface area (Å²) in [5, 5.41) is 8.92. The number of urea groups is 1. The van der Waals surface area contributed by atoms with Crippen molar-refractivity contribution >= 4 is 41.1 Å². The molecule has 0 aliphatic heterocycles. The maximum atomic E-state index is 13.3. The van der Waals surface area contributed by atoms with Crippen LogP contribution < -0.4 is 21.7 Å². The molecule has 0 fully saturated rings. The predicted octanol–water partition coefficient (Wildman–Crippen LogP) is 3.83. The van der Waals surface area contributed by atoms with Crippen molar-refractivity contribution in [3.05, 3.63) is 47.8 Å². The van der Waals surface area contributed by atoms with Gasteiger partial charge in [-0.05, 0) is 50.5 Å². The number of amides is 4. The maximum absolute atomic E-state index is 13.3. The molecular weight excluding hydrogens is 540 g/mol. The Morgan fingerprint density at radius 3 is 2.34 bits per heavy atom. The van der Waals surface area contributed by atoms with E-state index in [1.165, 1.54) is 11.8 Å². The number of benzene rings is 1. The average molecular weight is 581 g/mol. The number of ketones is 1. The van der Waals surface area contributed by atoms with Crippen LogP contribution in [0, 0.1) is 30.6 Å². The second-order valence-corrected chi connectivity index (χ2v) is 10.8. The number of thioether (sulfide) groups is 1. The maximum Gasteiger partial charge on any atom is 0.312 e. The normalized spacial score (nSPS) is 12.0. The van der Waals surface area contributed by atoms with Crippen molar-refractivity contribution in [3.8, 4) is 11.8 Å². The second-order valence-electron chi connectivity index (χ2n) is 10.1. The molecule has 0 saturated carbocycles. The van der Waals surface area contributed by atoms with Crippen LogP contribution in [0.4, 0.5) is 10.5 Å². The molecule has 220 valence electrons. The first kappa shape index (κ1) is 33.3. The van der Waals surface area contributed by atoms with E-state index in [1.54, 1.807) is 24.5 Å². The number of primary amides is 1. The van der Waals surface area contributed by atoms with Gasteiger partial charge in [0.15, 0.2) is 10.9 Å². The van der Waals surface area contributed by atoms with E-state index in [0.29, 0.717) is 48.6 Å². The summed E-state index contributed by atoms with van der Waals surface area (Å²) in [4.78, 5) is 58.5. The third-order valence-corrected chi connectivity index (χ3v) is 6.82. The third-order valence-electron chi connectivity index (χ3n) is 6.25. The van der Waals surface area contributed by atoms with Crippen molar-refractivity contribution in [2.45, 2.75) is 70.5 Å². The lowest BCUT2D eigenvalue weighted by Crippen LogP contribution is -2.45. The molecule has 0 radical (unpaired) electrons. The third kappa shape index (κ3) is 12.9. The summed E-state index contributed by atoms with van der Waals surface area (Å²) >= 11 is 1.45. The van der Waals surface area contributed by atoms with Gasteiger partial charge in [-0.1, -0.05) is 55.1 Å². The molecule has 0 aliphatic rings. The van der Waals surface area contributed by atoms with Gasteiger partial charge in [0.25, 0.3) is 0 Å². The average Bonchev–Trinajstić information content (AvgIpc) is 2.94. The van der Waals surface area contributed by atoms with Crippen molar-refractivity contribution in [2.24, 2.45) is 17.6 Å². The van der Waals surface area contributed by atoms with E-state index in [0.717, 1.165) is 5.56 Å². The van der Waals surface area contributed by atoms with Crippen molar-refractivity contribution < 1.29 is 19.2 Å². The fourth-order valence-electron chi connectivity index (χ4n) is 3.99. The summed E-state index contributed by atoms with van der Waals surface area (Å²) in [5.41, 5.74) is 7.54. The van der Waals surface area contributed by atoms with Crippen LogP contribution in [0.25, 0.3) is 0 Å². The lowest BCUT2D eigenvalue weighted by atomic mass is 9.89. The Morgan fingerprint density at radius 1 is 1.05 bits per heavy atom. The zero-order chi connectivity index (χ0) is 30.2. The Hall–Kier alpha value is -3.91. The molecule has 2 rings (SSSR count). The molecule has 1 heterocycles. The number of carbonyl (C=O) groups is 4. The van der Waals surface area contributed by atoms with Crippen LogP contribution in [0.1, 0.15) is 63.5 Å². The summed E-state index contributed by atoms with van der Waals surface area (Å²) in [5.74, 6) is 4.47. The van der Waals surface area contributed by atoms with Gasteiger partial charge < -0.3 is 21.7 Å². The van der Waals surface area contributed by atoms with Crippen molar-refractivity contribution in [1.82, 2.24) is 20.6 Å². The number of aromatic nitrogens is 2. The Kier molecular flexibility index (Phi) is 14.4. The van der Waals surface area contributed by atoms with Crippen molar-refractivity contribution in [2.75, 3.05) is 18.1 Å². The summed E-state index contributed by atoms with van der Waals surface area (Å²) in [6.45, 7) is 5.96. The molecule has 1 aromatic heterocycles. The molecule has 0 unspecified atom stereocenters. The predicted molar refractivity (Wildman–Crippen MR) is 161 cm³/mol. The molecule has 0 aliphatic carbocycles. The first-order valence-electron chi connectivity index (χ1n) is 13.7. The summed E-state index contributed by atoms with van der Waals surface area (Å²) in [6, 6.07) is 6.02. The quantitative estimate of drug-likeness (QED) is 0.108. The number of carbonyl (C=O) groups excluding carboxylic acids is 4. The van der Waals surface area contributed by atoms with Crippen LogP contribution in [-0.4, -0.2) is 52.4 Å². The molecule has 4 amide bonds. The van der Waals surface area contributed by atoms with Gasteiger partial charge in [0.05, 0.1) is 11.6 Å². The van der Waals surface area contributed by atoms with Gasteiger partial charge in [-0.2, -0.15) is 0 Å². The number of hydrogen-bond acceptors (Lipinski definition) is 7. The lowest BCUT2D eigenvalue weighted by Gasteiger charge is -2.24. The molecular formula is C30H40N6O4S. The minimum absolute atomic E-state index is 0.0414. The van der Waals surface area contributed by atoms with E-state index in [-0.39, 0.29) is 36.4 Å². The van der Waals surface area contributed by atoms with Crippen LogP contribution in [0.15, 0.2) is 41.8 Å². The number of hydrogen-bond donors (Lipinski definition) is 4. The van der Waals surface area contributed by atoms with E-state index in [1.807, 2.05) is 39.2 Å². The van der Waals surface area contributed by atoms with E-state index in [2.05, 4.69) is 37.8 Å². The van der Waals surface area contributed by atoms with Crippen LogP contribution in [0.5, 0.6) is 0 Å². The smallest absolute Gasteiger partial charge is 0.312 e. The van der Waals surface area contributed by atoms with E-state index < -0.39 is 18.0 Å². The van der Waals surface area contributed by atoms with Crippen LogP contribution in [0.2, 0.25) is 0 Å². The first-order chi connectivity index (χ1) is 19.6. The Morgan fingerprint density at radius 2 is 1.73 bits per heavy atom. The standard InChI is InChI=1S/C30H40N6O4S/c1-20(2)27(36-26(38)11-7-5-6-9-22-18-33-30(41-4)34-19-22)25(37)17-23(10-8-16-32-29(31)40)28(39)35-24-14-12-21(3)13-15-24/h12-15,18-20,23,27H,5,7-8,10-11,16-17H2,1-4H3,(H,35,39)(H,36,38)(H3,31,32,40)/t23-,27+/m1/s1. The highest BCUT2D eigenvalue weighted by Gasteiger charge is 2.29. The molecule has 0 bridgehead atoms. The Balaban J connectivity index is 1.94. The van der Waals surface area contributed by atoms with E-state index >= 15 is 0 Å². The molecule has 2 atom stereocenters. The SMILES string of the molecule is CSc1ncc(C#CCCCC(=O)N[C@H](C(=O)C[C@@H](CCCNC(N)=O)C(=O)Nc2ccc(C)cc2)C(C)C)cn1. The zero-order valence-electron chi connectivity index (χ0n) is 24.2. The highest BCUT2D eigenvalue weighted by molar-refractivity contribution is 7.98. The van der Waals surface area contributed by atoms with Crippen molar-refractivity contribution in [1.29, 1.82) is 0 Å². The fourth-order valence-corrected chi connectivity index (χ4v) is 4.31. The molecule has 5 N–H and O–H groups in total. The van der Waals surface area contributed by atoms with Gasteiger partial charge in [0.2, 0.25) is 11.8 Å². The minimum Gasteiger partial charge on any atom is -0.352 e. The van der Waals surface area contributed by atoms with E-state index in [9.17, 15) is 19.2 Å². The number of rotatable bonds is 15. The Labute approximate surface area is 246 Å². The first-order valence-corrected chi connectivity index (χ1v) is 14.9. The minimum atomic E-state index is -0.723. The molecule has 2 aromatic rings. The zero-order valence-corrected chi connectivity index (χ0v) is 25.0. The number of nitrogens with zero attached hydrogens (tertiary/aromatic N) is 2. The number of nitrogens with two attached hydrogens (primary N) is 1. The van der Waals surface area contributed by atoms with Gasteiger partial charge in [-0.3, -0.25) is 14.4 Å². The van der Waals surface area contributed by atoms with E-state index in [4.69, 9.17) is 5.73 Å². The second kappa shape index (κ2) is 17.7. The summed E-state index contributed by atoms with van der Waals surface area (Å²) in [6.07, 6.45) is 7.30. The number of unbranched alkanes of at least 4 members (excludes halogenated alkanes) is 1. The number of nitrogens with one attached hydrogen (secondary N) is 3. The van der Waals surface area contributed by atoms with Crippen LogP contribution >= 0.6 is 11.8 Å². The Bertz CT molecular complexity index is 1220. The monoisotopic (exact) mass is 580 g/mol. The highest BCUT2D eigenvalue weighted by atomic mass is 32.2. The molecule has 1 aromatic carbocycles. The lowest BCUT2D eigenvalue weighted by molar-refractivity contribution is -0.131. The molecule has 0 spiro atoms. The van der Waals surface area contributed by atoms with Gasteiger partial charge in [0.1, 0.15) is 0 Å². The van der Waals surface area contributed by atoms with Crippen LogP contribution in [-0.2, 0) is 14.4 Å².